The van der Waals surface area contributed by atoms with Gasteiger partial charge < -0.3 is 0 Å². The van der Waals surface area contributed by atoms with Crippen molar-refractivity contribution in [3.05, 3.63) is 12.2 Å². The van der Waals surface area contributed by atoms with Crippen LogP contribution in [0, 0.1) is 29.1 Å². The molecule has 2 rings (SSSR count). The molecule has 0 spiro atoms. The van der Waals surface area contributed by atoms with Gasteiger partial charge in [-0.2, -0.15) is 0 Å². The largest absolute Gasteiger partial charge is 0.299 e. The highest BCUT2D eigenvalue weighted by molar-refractivity contribution is 5.84. The van der Waals surface area contributed by atoms with Crippen molar-refractivity contribution in [1.82, 2.24) is 0 Å². The first-order valence-corrected chi connectivity index (χ1v) is 6.11. The summed E-state index contributed by atoms with van der Waals surface area (Å²) in [4.78, 5) is 12.0. The molecule has 1 saturated carbocycles. The number of hydrogen-bond donors (Lipinski definition) is 0. The number of carbonyl (C=O) groups excluding carboxylic acids is 1. The molecule has 2 aliphatic carbocycles. The van der Waals surface area contributed by atoms with Gasteiger partial charge in [-0.3, -0.25) is 4.79 Å². The topological polar surface area (TPSA) is 17.1 Å². The molecule has 0 amide bonds. The highest BCUT2D eigenvalue weighted by Crippen LogP contribution is 2.49. The molecule has 0 aromatic heterocycles. The molecule has 4 unspecified atom stereocenters. The van der Waals surface area contributed by atoms with Crippen molar-refractivity contribution in [3.63, 3.8) is 0 Å². The monoisotopic (exact) mass is 206 g/mol. The lowest BCUT2D eigenvalue weighted by atomic mass is 9.77. The van der Waals surface area contributed by atoms with Gasteiger partial charge in [-0.15, -0.1) is 0 Å². The molecule has 2 aliphatic rings. The Kier molecular flexibility index (Phi) is 2.52. The Balaban J connectivity index is 2.02. The number of carbonyl (C=O) groups is 1. The molecule has 4 atom stereocenters. The minimum Gasteiger partial charge on any atom is -0.299 e. The minimum atomic E-state index is -0.161. The lowest BCUT2D eigenvalue weighted by Crippen LogP contribution is -2.27. The van der Waals surface area contributed by atoms with Gasteiger partial charge in [-0.1, -0.05) is 39.8 Å². The van der Waals surface area contributed by atoms with E-state index in [0.29, 0.717) is 23.5 Å². The smallest absolute Gasteiger partial charge is 0.138 e. The summed E-state index contributed by atoms with van der Waals surface area (Å²) < 4.78 is 0. The number of hydrogen-bond acceptors (Lipinski definition) is 1. The molecule has 1 fully saturated rings. The van der Waals surface area contributed by atoms with Gasteiger partial charge in [0.1, 0.15) is 5.78 Å². The van der Waals surface area contributed by atoms with Crippen molar-refractivity contribution >= 4 is 5.78 Å². The van der Waals surface area contributed by atoms with E-state index in [-0.39, 0.29) is 5.41 Å². The standard InChI is InChI=1S/C14H22O/c1-9-10-5-6-11(7-10)12(9)8-13(15)14(2,3)4/h5-6,9-12H,7-8H2,1-4H3. The Morgan fingerprint density at radius 1 is 1.27 bits per heavy atom. The zero-order chi connectivity index (χ0) is 11.2. The predicted octanol–water partition coefficient (Wildman–Crippen LogP) is 3.45. The van der Waals surface area contributed by atoms with Crippen molar-refractivity contribution in [2.24, 2.45) is 29.1 Å². The minimum absolute atomic E-state index is 0.161. The van der Waals surface area contributed by atoms with E-state index < -0.39 is 0 Å². The van der Waals surface area contributed by atoms with Crippen LogP contribution in [0.2, 0.25) is 0 Å². The average molecular weight is 206 g/mol. The zero-order valence-corrected chi connectivity index (χ0v) is 10.3. The molecule has 0 saturated heterocycles. The van der Waals surface area contributed by atoms with Gasteiger partial charge in [0.15, 0.2) is 0 Å². The van der Waals surface area contributed by atoms with Crippen LogP contribution >= 0.6 is 0 Å². The van der Waals surface area contributed by atoms with Crippen molar-refractivity contribution in [2.75, 3.05) is 0 Å². The van der Waals surface area contributed by atoms with Gasteiger partial charge in [0, 0.05) is 11.8 Å². The molecule has 2 bridgehead atoms. The highest BCUT2D eigenvalue weighted by Gasteiger charge is 2.43. The summed E-state index contributed by atoms with van der Waals surface area (Å²) in [6.45, 7) is 8.41. The van der Waals surface area contributed by atoms with E-state index >= 15 is 0 Å². The Morgan fingerprint density at radius 2 is 1.87 bits per heavy atom. The summed E-state index contributed by atoms with van der Waals surface area (Å²) >= 11 is 0. The molecule has 0 aromatic rings. The second kappa shape index (κ2) is 3.47. The first-order valence-electron chi connectivity index (χ1n) is 6.11. The summed E-state index contributed by atoms with van der Waals surface area (Å²) in [5, 5.41) is 0. The molecule has 0 aliphatic heterocycles. The number of fused-ring (bicyclic) bond motifs is 2. The molecular weight excluding hydrogens is 184 g/mol. The normalized spacial score (nSPS) is 38.7. The lowest BCUT2D eigenvalue weighted by Gasteiger charge is -2.27. The molecule has 84 valence electrons. The van der Waals surface area contributed by atoms with Gasteiger partial charge in [0.2, 0.25) is 0 Å². The van der Waals surface area contributed by atoms with Gasteiger partial charge in [-0.05, 0) is 30.1 Å². The van der Waals surface area contributed by atoms with E-state index in [2.05, 4.69) is 19.1 Å². The Labute approximate surface area is 92.9 Å². The van der Waals surface area contributed by atoms with Crippen LogP contribution in [0.25, 0.3) is 0 Å². The van der Waals surface area contributed by atoms with E-state index in [0.717, 1.165) is 12.3 Å². The highest BCUT2D eigenvalue weighted by atomic mass is 16.1. The van der Waals surface area contributed by atoms with Crippen molar-refractivity contribution in [2.45, 2.75) is 40.5 Å². The molecule has 1 nitrogen and oxygen atoms in total. The van der Waals surface area contributed by atoms with E-state index in [1.165, 1.54) is 6.42 Å². The Hall–Kier alpha value is -0.590. The quantitative estimate of drug-likeness (QED) is 0.632. The van der Waals surface area contributed by atoms with Crippen molar-refractivity contribution in [3.8, 4) is 0 Å². The number of allylic oxidation sites excluding steroid dienone is 2. The third-order valence-corrected chi connectivity index (χ3v) is 4.31. The van der Waals surface area contributed by atoms with E-state index in [9.17, 15) is 4.79 Å². The molecule has 0 N–H and O–H groups in total. The molecule has 0 radical (unpaired) electrons. The first kappa shape index (κ1) is 10.9. The van der Waals surface area contributed by atoms with E-state index in [1.54, 1.807) is 0 Å². The number of ketones is 1. The van der Waals surface area contributed by atoms with Crippen LogP contribution < -0.4 is 0 Å². The van der Waals surface area contributed by atoms with Crippen LogP contribution in [-0.4, -0.2) is 5.78 Å². The average Bonchev–Trinajstić information content (AvgIpc) is 2.67. The lowest BCUT2D eigenvalue weighted by molar-refractivity contribution is -0.127. The fourth-order valence-corrected chi connectivity index (χ4v) is 3.03. The Morgan fingerprint density at radius 3 is 2.33 bits per heavy atom. The third kappa shape index (κ3) is 1.89. The summed E-state index contributed by atoms with van der Waals surface area (Å²) in [5.74, 6) is 3.21. The molecule has 0 heterocycles. The number of Topliss-reactive ketones (excluding diaryl/α,β-unsaturated/α-hetero) is 1. The molecule has 1 heteroatoms. The SMILES string of the molecule is CC1C2C=CC(C2)C1CC(=O)C(C)(C)C. The summed E-state index contributed by atoms with van der Waals surface area (Å²) in [7, 11) is 0. The maximum atomic E-state index is 12.0. The second-order valence-electron chi connectivity index (χ2n) is 6.35. The molecule has 0 aromatic carbocycles. The van der Waals surface area contributed by atoms with Crippen LogP contribution in [0.3, 0.4) is 0 Å². The second-order valence-corrected chi connectivity index (χ2v) is 6.35. The summed E-state index contributed by atoms with van der Waals surface area (Å²) in [6.07, 6.45) is 6.78. The summed E-state index contributed by atoms with van der Waals surface area (Å²) in [5.41, 5.74) is -0.161. The van der Waals surface area contributed by atoms with E-state index in [4.69, 9.17) is 0 Å². The molecule has 15 heavy (non-hydrogen) atoms. The van der Waals surface area contributed by atoms with E-state index in [1.807, 2.05) is 20.8 Å². The maximum absolute atomic E-state index is 12.0. The van der Waals surface area contributed by atoms with Gasteiger partial charge in [0.25, 0.3) is 0 Å². The van der Waals surface area contributed by atoms with Crippen molar-refractivity contribution < 1.29 is 4.79 Å². The Bertz CT molecular complexity index is 295. The van der Waals surface area contributed by atoms with Crippen LogP contribution in [0.1, 0.15) is 40.5 Å². The van der Waals surface area contributed by atoms with Gasteiger partial charge >= 0.3 is 0 Å². The van der Waals surface area contributed by atoms with Crippen LogP contribution in [0.15, 0.2) is 12.2 Å². The van der Waals surface area contributed by atoms with Gasteiger partial charge in [0.05, 0.1) is 0 Å². The van der Waals surface area contributed by atoms with Crippen LogP contribution in [0.5, 0.6) is 0 Å². The first-order chi connectivity index (χ1) is 6.89. The van der Waals surface area contributed by atoms with Crippen LogP contribution in [-0.2, 0) is 4.79 Å². The fourth-order valence-electron chi connectivity index (χ4n) is 3.03. The predicted molar refractivity (Wildman–Crippen MR) is 62.5 cm³/mol. The maximum Gasteiger partial charge on any atom is 0.138 e. The van der Waals surface area contributed by atoms with Gasteiger partial charge in [-0.25, -0.2) is 0 Å². The fraction of sp³-hybridized carbons (Fsp3) is 0.786. The van der Waals surface area contributed by atoms with Crippen molar-refractivity contribution in [1.29, 1.82) is 0 Å². The molecular formula is C14H22O. The van der Waals surface area contributed by atoms with Crippen LogP contribution in [0.4, 0.5) is 0 Å². The number of rotatable bonds is 2. The summed E-state index contributed by atoms with van der Waals surface area (Å²) in [6, 6.07) is 0. The zero-order valence-electron chi connectivity index (χ0n) is 10.3. The third-order valence-electron chi connectivity index (χ3n) is 4.31.